The van der Waals surface area contributed by atoms with Crippen molar-refractivity contribution in [3.05, 3.63) is 33.4 Å². The smallest absolute Gasteiger partial charge is 0.0727 e. The Bertz CT molecular complexity index is 248. The number of hydrogen-bond donors (Lipinski definition) is 0. The summed E-state index contributed by atoms with van der Waals surface area (Å²) in [4.78, 5) is 0. The summed E-state index contributed by atoms with van der Waals surface area (Å²) in [6.07, 6.45) is 2.36. The Morgan fingerprint density at radius 2 is 2.08 bits per heavy atom. The molecule has 0 aromatic heterocycles. The van der Waals surface area contributed by atoms with Gasteiger partial charge in [0.2, 0.25) is 0 Å². The van der Waals surface area contributed by atoms with E-state index in [2.05, 4.69) is 53.8 Å². The zero-order valence-electron chi connectivity index (χ0n) is 7.92. The van der Waals surface area contributed by atoms with E-state index in [4.69, 9.17) is 4.74 Å². The molecule has 0 fully saturated rings. The quantitative estimate of drug-likeness (QED) is 0.594. The van der Waals surface area contributed by atoms with Crippen molar-refractivity contribution >= 4 is 22.6 Å². The van der Waals surface area contributed by atoms with E-state index in [9.17, 15) is 0 Å². The molecule has 0 unspecified atom stereocenters. The molecule has 0 spiro atoms. The van der Waals surface area contributed by atoms with Crippen LogP contribution in [0, 0.1) is 3.57 Å². The third-order valence-electron chi connectivity index (χ3n) is 1.86. The second-order valence-electron chi connectivity index (χ2n) is 3.00. The number of benzene rings is 1. The Hall–Kier alpha value is -0.0900. The standard InChI is InChI=1S/C11H15IO/c1-2-3-8-13-9-10-6-4-5-7-11(10)12/h4-7H,2-3,8-9H2,1H3. The lowest BCUT2D eigenvalue weighted by Gasteiger charge is -2.04. The predicted molar refractivity (Wildman–Crippen MR) is 63.7 cm³/mol. The Labute approximate surface area is 93.6 Å². The predicted octanol–water partition coefficient (Wildman–Crippen LogP) is 3.61. The SMILES string of the molecule is CCCCOCc1ccccc1I. The number of hydrogen-bond acceptors (Lipinski definition) is 1. The third-order valence-corrected chi connectivity index (χ3v) is 2.91. The summed E-state index contributed by atoms with van der Waals surface area (Å²) in [5, 5.41) is 0. The van der Waals surface area contributed by atoms with Crippen molar-refractivity contribution in [1.82, 2.24) is 0 Å². The second-order valence-corrected chi connectivity index (χ2v) is 4.16. The Morgan fingerprint density at radius 3 is 2.77 bits per heavy atom. The van der Waals surface area contributed by atoms with Crippen molar-refractivity contribution < 1.29 is 4.74 Å². The molecule has 1 aromatic rings. The molecule has 0 bridgehead atoms. The van der Waals surface area contributed by atoms with Crippen molar-refractivity contribution in [3.63, 3.8) is 0 Å². The van der Waals surface area contributed by atoms with Crippen molar-refractivity contribution in [1.29, 1.82) is 0 Å². The van der Waals surface area contributed by atoms with Crippen molar-refractivity contribution in [2.24, 2.45) is 0 Å². The fourth-order valence-electron chi connectivity index (χ4n) is 1.04. The van der Waals surface area contributed by atoms with Gasteiger partial charge in [0, 0.05) is 10.2 Å². The average molecular weight is 290 g/mol. The van der Waals surface area contributed by atoms with Crippen molar-refractivity contribution in [2.45, 2.75) is 26.4 Å². The van der Waals surface area contributed by atoms with Crippen molar-refractivity contribution in [3.8, 4) is 0 Å². The first-order valence-corrected chi connectivity index (χ1v) is 5.73. The molecule has 0 heterocycles. The summed E-state index contributed by atoms with van der Waals surface area (Å²) in [5.74, 6) is 0. The van der Waals surface area contributed by atoms with Gasteiger partial charge in [-0.3, -0.25) is 0 Å². The first kappa shape index (κ1) is 11.0. The van der Waals surface area contributed by atoms with Crippen LogP contribution in [0.3, 0.4) is 0 Å². The van der Waals surface area contributed by atoms with Gasteiger partial charge in [-0.15, -0.1) is 0 Å². The topological polar surface area (TPSA) is 9.23 Å². The van der Waals surface area contributed by atoms with Gasteiger partial charge in [0.1, 0.15) is 0 Å². The first-order chi connectivity index (χ1) is 6.34. The van der Waals surface area contributed by atoms with Gasteiger partial charge >= 0.3 is 0 Å². The summed E-state index contributed by atoms with van der Waals surface area (Å²) in [5.41, 5.74) is 1.29. The number of ether oxygens (including phenoxy) is 1. The van der Waals surface area contributed by atoms with E-state index in [-0.39, 0.29) is 0 Å². The maximum Gasteiger partial charge on any atom is 0.0727 e. The molecule has 0 aliphatic heterocycles. The van der Waals surface area contributed by atoms with Crippen LogP contribution < -0.4 is 0 Å². The summed E-state index contributed by atoms with van der Waals surface area (Å²) in [6, 6.07) is 8.34. The van der Waals surface area contributed by atoms with E-state index >= 15 is 0 Å². The molecule has 0 aliphatic rings. The Kier molecular flexibility index (Phi) is 5.39. The van der Waals surface area contributed by atoms with Crippen LogP contribution in [0.4, 0.5) is 0 Å². The molecule has 0 aliphatic carbocycles. The Balaban J connectivity index is 2.32. The molecule has 72 valence electrons. The van der Waals surface area contributed by atoms with Gasteiger partial charge in [0.05, 0.1) is 6.61 Å². The molecule has 0 N–H and O–H groups in total. The highest BCUT2D eigenvalue weighted by molar-refractivity contribution is 14.1. The summed E-state index contributed by atoms with van der Waals surface area (Å²) >= 11 is 2.34. The summed E-state index contributed by atoms with van der Waals surface area (Å²) in [7, 11) is 0. The van der Waals surface area contributed by atoms with Crippen LogP contribution in [0.5, 0.6) is 0 Å². The van der Waals surface area contributed by atoms with E-state index in [1.54, 1.807) is 0 Å². The maximum absolute atomic E-state index is 5.54. The largest absolute Gasteiger partial charge is 0.377 e. The lowest BCUT2D eigenvalue weighted by molar-refractivity contribution is 0.117. The van der Waals surface area contributed by atoms with Gasteiger partial charge in [0.15, 0.2) is 0 Å². The third kappa shape index (κ3) is 4.09. The van der Waals surface area contributed by atoms with Gasteiger partial charge < -0.3 is 4.74 Å². The second kappa shape index (κ2) is 6.38. The molecule has 1 nitrogen and oxygen atoms in total. The molecule has 0 saturated carbocycles. The zero-order chi connectivity index (χ0) is 9.52. The van der Waals surface area contributed by atoms with Crippen LogP contribution in [0.15, 0.2) is 24.3 Å². The first-order valence-electron chi connectivity index (χ1n) is 4.65. The molecule has 2 heteroatoms. The van der Waals surface area contributed by atoms with Gasteiger partial charge in [-0.1, -0.05) is 31.5 Å². The van der Waals surface area contributed by atoms with E-state index in [0.29, 0.717) is 0 Å². The lowest BCUT2D eigenvalue weighted by Crippen LogP contribution is -1.96. The maximum atomic E-state index is 5.54. The molecule has 0 saturated heterocycles. The van der Waals surface area contributed by atoms with E-state index < -0.39 is 0 Å². The molecular formula is C11H15IO. The molecule has 0 radical (unpaired) electrons. The van der Waals surface area contributed by atoms with Gasteiger partial charge in [-0.25, -0.2) is 0 Å². The van der Waals surface area contributed by atoms with Gasteiger partial charge in [-0.2, -0.15) is 0 Å². The van der Waals surface area contributed by atoms with Crippen LogP contribution in [-0.2, 0) is 11.3 Å². The molecule has 13 heavy (non-hydrogen) atoms. The van der Waals surface area contributed by atoms with Crippen LogP contribution >= 0.6 is 22.6 Å². The molecule has 1 aromatic carbocycles. The van der Waals surface area contributed by atoms with Crippen LogP contribution in [0.1, 0.15) is 25.3 Å². The summed E-state index contributed by atoms with van der Waals surface area (Å²) < 4.78 is 6.82. The fraction of sp³-hybridized carbons (Fsp3) is 0.455. The monoisotopic (exact) mass is 290 g/mol. The van der Waals surface area contributed by atoms with Crippen LogP contribution in [0.2, 0.25) is 0 Å². The van der Waals surface area contributed by atoms with E-state index in [1.807, 2.05) is 0 Å². The lowest BCUT2D eigenvalue weighted by atomic mass is 10.2. The van der Waals surface area contributed by atoms with Crippen LogP contribution in [-0.4, -0.2) is 6.61 Å². The zero-order valence-corrected chi connectivity index (χ0v) is 10.1. The molecule has 0 amide bonds. The minimum atomic E-state index is 0.749. The molecule has 0 atom stereocenters. The van der Waals surface area contributed by atoms with E-state index in [0.717, 1.165) is 19.6 Å². The number of unbranched alkanes of at least 4 members (excludes halogenated alkanes) is 1. The number of halogens is 1. The number of rotatable bonds is 5. The average Bonchev–Trinajstić information content (AvgIpc) is 2.15. The van der Waals surface area contributed by atoms with Crippen LogP contribution in [0.25, 0.3) is 0 Å². The fourth-order valence-corrected chi connectivity index (χ4v) is 1.59. The molecular weight excluding hydrogens is 275 g/mol. The van der Waals surface area contributed by atoms with Crippen molar-refractivity contribution in [2.75, 3.05) is 6.61 Å². The highest BCUT2D eigenvalue weighted by Gasteiger charge is 1.96. The summed E-state index contributed by atoms with van der Waals surface area (Å²) in [6.45, 7) is 3.80. The highest BCUT2D eigenvalue weighted by atomic mass is 127. The Morgan fingerprint density at radius 1 is 1.31 bits per heavy atom. The minimum absolute atomic E-state index is 0.749. The van der Waals surface area contributed by atoms with Gasteiger partial charge in [-0.05, 0) is 40.6 Å². The molecule has 1 rings (SSSR count). The minimum Gasteiger partial charge on any atom is -0.377 e. The normalized spacial score (nSPS) is 10.3. The highest BCUT2D eigenvalue weighted by Crippen LogP contribution is 2.12. The van der Waals surface area contributed by atoms with Gasteiger partial charge in [0.25, 0.3) is 0 Å². The van der Waals surface area contributed by atoms with E-state index in [1.165, 1.54) is 15.6 Å².